The maximum atomic E-state index is 10.5. The predicted molar refractivity (Wildman–Crippen MR) is 155 cm³/mol. The van der Waals surface area contributed by atoms with Crippen LogP contribution < -0.4 is 0 Å². The lowest BCUT2D eigenvalue weighted by atomic mass is 9.71. The van der Waals surface area contributed by atoms with Crippen LogP contribution in [0.4, 0.5) is 0 Å². The van der Waals surface area contributed by atoms with Gasteiger partial charge in [0, 0.05) is 24.2 Å². The molecule has 0 saturated carbocycles. The lowest BCUT2D eigenvalue weighted by Crippen LogP contribution is -2.58. The molecule has 0 unspecified atom stereocenters. The van der Waals surface area contributed by atoms with E-state index in [1.54, 1.807) is 0 Å². The highest BCUT2D eigenvalue weighted by Gasteiger charge is 2.46. The number of aliphatic hydroxyl groups is 8. The molecule has 11 nitrogen and oxygen atoms in total. The minimum absolute atomic E-state index is 0.303. The number of hydrogen-bond acceptors (Lipinski definition) is 11. The molecule has 1 spiro atoms. The first kappa shape index (κ1) is 31.5. The number of aryl methyl sites for hydroxylation is 1. The number of hydrogen-bond donors (Lipinski definition) is 8. The summed E-state index contributed by atoms with van der Waals surface area (Å²) in [4.78, 5) is 0. The van der Waals surface area contributed by atoms with E-state index < -0.39 is 74.3 Å². The second kappa shape index (κ2) is 12.7. The molecule has 2 aromatic carbocycles. The molecule has 3 fully saturated rings. The molecule has 6 rings (SSSR count). The predicted octanol–water partition coefficient (Wildman–Crippen LogP) is -1.27. The van der Waals surface area contributed by atoms with Gasteiger partial charge in [0.1, 0.15) is 54.9 Å². The molecule has 8 N–H and O–H groups in total. The average molecular weight is 613 g/mol. The van der Waals surface area contributed by atoms with Crippen molar-refractivity contribution in [3.8, 4) is 23.0 Å². The first-order chi connectivity index (χ1) is 21.2. The largest absolute Gasteiger partial charge is 0.394 e. The first-order valence-corrected chi connectivity index (χ1v) is 15.2. The van der Waals surface area contributed by atoms with Crippen LogP contribution >= 0.6 is 0 Å². The van der Waals surface area contributed by atoms with E-state index >= 15 is 0 Å². The summed E-state index contributed by atoms with van der Waals surface area (Å²) in [5.74, 6) is 5.93. The van der Waals surface area contributed by atoms with E-state index in [-0.39, 0.29) is 5.41 Å². The number of fused-ring (bicyclic) bond motifs is 5. The Morgan fingerprint density at radius 2 is 1.27 bits per heavy atom. The van der Waals surface area contributed by atoms with E-state index in [4.69, 9.17) is 14.2 Å². The molecule has 0 bridgehead atoms. The van der Waals surface area contributed by atoms with Gasteiger partial charge in [-0.2, -0.15) is 0 Å². The molecule has 4 aliphatic rings. The van der Waals surface area contributed by atoms with Gasteiger partial charge in [0.15, 0.2) is 0 Å². The van der Waals surface area contributed by atoms with Crippen molar-refractivity contribution in [3.63, 3.8) is 0 Å². The molecule has 10 atom stereocenters. The third-order valence-electron chi connectivity index (χ3n) is 9.73. The van der Waals surface area contributed by atoms with Crippen LogP contribution in [0.15, 0.2) is 36.4 Å². The van der Waals surface area contributed by atoms with Crippen LogP contribution in [0.3, 0.4) is 0 Å². The fourth-order valence-corrected chi connectivity index (χ4v) is 7.14. The lowest BCUT2D eigenvalue weighted by Gasteiger charge is -2.40. The van der Waals surface area contributed by atoms with E-state index in [9.17, 15) is 40.9 Å². The molecule has 238 valence electrons. The fraction of sp³-hybridized carbons (Fsp3) is 0.576. The summed E-state index contributed by atoms with van der Waals surface area (Å²) in [7, 11) is 0. The molecular formula is C33H40O11. The maximum absolute atomic E-state index is 10.5. The minimum Gasteiger partial charge on any atom is -0.394 e. The van der Waals surface area contributed by atoms with Crippen molar-refractivity contribution in [1.29, 1.82) is 0 Å². The Kier molecular flexibility index (Phi) is 9.14. The van der Waals surface area contributed by atoms with Gasteiger partial charge in [-0.3, -0.25) is 0 Å². The van der Waals surface area contributed by atoms with E-state index in [0.717, 1.165) is 35.1 Å². The lowest BCUT2D eigenvalue weighted by molar-refractivity contribution is -0.230. The molecule has 11 heteroatoms. The molecule has 0 aromatic heterocycles. The molecule has 0 radical (unpaired) electrons. The third-order valence-corrected chi connectivity index (χ3v) is 9.73. The smallest absolute Gasteiger partial charge is 0.147 e. The average Bonchev–Trinajstić information content (AvgIpc) is 3.29. The van der Waals surface area contributed by atoms with Crippen LogP contribution in [0.2, 0.25) is 0 Å². The van der Waals surface area contributed by atoms with Crippen molar-refractivity contribution in [3.05, 3.63) is 58.7 Å². The zero-order chi connectivity index (χ0) is 31.2. The minimum atomic E-state index is -1.49. The summed E-state index contributed by atoms with van der Waals surface area (Å²) >= 11 is 0. The van der Waals surface area contributed by atoms with Gasteiger partial charge < -0.3 is 55.1 Å². The molecule has 3 aliphatic heterocycles. The van der Waals surface area contributed by atoms with Crippen LogP contribution in [-0.2, 0) is 26.0 Å². The van der Waals surface area contributed by atoms with Crippen LogP contribution in [0.5, 0.6) is 0 Å². The van der Waals surface area contributed by atoms with Crippen molar-refractivity contribution in [2.24, 2.45) is 0 Å². The fourth-order valence-electron chi connectivity index (χ4n) is 7.14. The zero-order valence-corrected chi connectivity index (χ0v) is 24.2. The summed E-state index contributed by atoms with van der Waals surface area (Å²) < 4.78 is 17.0. The third kappa shape index (κ3) is 5.48. The Bertz CT molecular complexity index is 1390. The van der Waals surface area contributed by atoms with Crippen LogP contribution in [0.25, 0.3) is 11.1 Å². The van der Waals surface area contributed by atoms with Gasteiger partial charge >= 0.3 is 0 Å². The van der Waals surface area contributed by atoms with E-state index in [1.165, 1.54) is 5.56 Å². The van der Waals surface area contributed by atoms with Crippen molar-refractivity contribution in [1.82, 2.24) is 0 Å². The topological polar surface area (TPSA) is 190 Å². The summed E-state index contributed by atoms with van der Waals surface area (Å²) in [5, 5.41) is 80.4. The van der Waals surface area contributed by atoms with Gasteiger partial charge in [-0.05, 0) is 65.6 Å². The van der Waals surface area contributed by atoms with Crippen molar-refractivity contribution >= 4 is 0 Å². The number of rotatable bonds is 5. The quantitative estimate of drug-likeness (QED) is 0.188. The van der Waals surface area contributed by atoms with Crippen molar-refractivity contribution < 1.29 is 55.1 Å². The molecule has 1 aliphatic carbocycles. The molecule has 3 heterocycles. The Labute approximate surface area is 255 Å². The second-order valence-electron chi connectivity index (χ2n) is 12.3. The van der Waals surface area contributed by atoms with E-state index in [2.05, 4.69) is 24.0 Å². The molecule has 2 aromatic rings. The van der Waals surface area contributed by atoms with Crippen LogP contribution in [0, 0.1) is 11.8 Å². The van der Waals surface area contributed by atoms with Gasteiger partial charge in [0.05, 0.1) is 19.3 Å². The van der Waals surface area contributed by atoms with Gasteiger partial charge in [-0.15, -0.1) is 0 Å². The van der Waals surface area contributed by atoms with Crippen LogP contribution in [0.1, 0.15) is 41.5 Å². The molecule has 0 amide bonds. The number of aliphatic hydroxyl groups excluding tert-OH is 8. The SMILES string of the molecule is OC[C@H]1O[C@H](CCc2ccc3c(c2)C2(CCOCC2)c2cc(C#C[C@H]4O[C@H](CO)[C@@H](O)[C@H](O)[C@@H]4O)ccc2-3)[C@@H](O)[C@@H](O)[C@@H]1O. The van der Waals surface area contributed by atoms with Crippen molar-refractivity contribution in [2.75, 3.05) is 26.4 Å². The summed E-state index contributed by atoms with van der Waals surface area (Å²) in [5.41, 5.74) is 5.95. The summed E-state index contributed by atoms with van der Waals surface area (Å²) in [6.07, 6.45) is -9.71. The Balaban J connectivity index is 1.26. The molecule has 44 heavy (non-hydrogen) atoms. The van der Waals surface area contributed by atoms with Gasteiger partial charge in [0.2, 0.25) is 0 Å². The Morgan fingerprint density at radius 1 is 0.682 bits per heavy atom. The highest BCUT2D eigenvalue weighted by Crippen LogP contribution is 2.54. The van der Waals surface area contributed by atoms with E-state index in [0.29, 0.717) is 31.6 Å². The molecule has 3 saturated heterocycles. The first-order valence-electron chi connectivity index (χ1n) is 15.2. The van der Waals surface area contributed by atoms with Crippen molar-refractivity contribution in [2.45, 2.75) is 92.1 Å². The highest BCUT2D eigenvalue weighted by molar-refractivity contribution is 5.82. The standard InChI is InChI=1S/C33H40O11/c34-15-25-29(38)31(40)27(36)23(43-25)7-3-17-1-5-19-20-6-2-18(4-8-24-28(37)32(41)30(39)26(16-35)44-24)14-22(20)33(21(19)13-17)9-11-42-12-10-33/h1-2,5-6,13-14,23-32,34-41H,3,7,9-12,15-16H2/t23-,24-,25-,26-,27-,28-,29-,30-,31-,32-/m1/s1. The zero-order valence-electron chi connectivity index (χ0n) is 24.2. The number of ether oxygens (including phenoxy) is 3. The van der Waals surface area contributed by atoms with E-state index in [1.807, 2.05) is 24.3 Å². The Hall–Kier alpha value is -2.44. The highest BCUT2D eigenvalue weighted by atomic mass is 16.6. The summed E-state index contributed by atoms with van der Waals surface area (Å²) in [6.45, 7) is 0.205. The molecular weight excluding hydrogens is 572 g/mol. The van der Waals surface area contributed by atoms with Gasteiger partial charge in [-0.25, -0.2) is 0 Å². The Morgan fingerprint density at radius 3 is 1.95 bits per heavy atom. The maximum Gasteiger partial charge on any atom is 0.147 e. The second-order valence-corrected chi connectivity index (χ2v) is 12.3. The monoisotopic (exact) mass is 612 g/mol. The number of benzene rings is 2. The van der Waals surface area contributed by atoms with Gasteiger partial charge in [0.25, 0.3) is 0 Å². The normalized spacial score (nSPS) is 35.9. The summed E-state index contributed by atoms with van der Waals surface area (Å²) in [6, 6.07) is 12.3. The van der Waals surface area contributed by atoms with Gasteiger partial charge in [-0.1, -0.05) is 36.1 Å². The van der Waals surface area contributed by atoms with Crippen LogP contribution in [-0.4, -0.2) is 128 Å².